The first kappa shape index (κ1) is 20.1. The van der Waals surface area contributed by atoms with Crippen molar-refractivity contribution in [1.29, 1.82) is 0 Å². The average Bonchev–Trinajstić information content (AvgIpc) is 2.72. The van der Waals surface area contributed by atoms with Crippen molar-refractivity contribution >= 4 is 17.3 Å². The summed E-state index contributed by atoms with van der Waals surface area (Å²) in [6.45, 7) is -2.62. The molecule has 0 aliphatic carbocycles. The maximum atomic E-state index is 12.8. The summed E-state index contributed by atoms with van der Waals surface area (Å²) in [5.74, 6) is -0.956. The molecule has 29 heavy (non-hydrogen) atoms. The molecule has 3 rings (SSSR count). The number of hydrogen-bond acceptors (Lipinski definition) is 5. The lowest BCUT2D eigenvalue weighted by molar-refractivity contribution is -0.0511. The van der Waals surface area contributed by atoms with Crippen LogP contribution in [0.1, 0.15) is 15.9 Å². The van der Waals surface area contributed by atoms with E-state index in [0.29, 0.717) is 17.9 Å². The Morgan fingerprint density at radius 2 is 1.83 bits per heavy atom. The maximum absolute atomic E-state index is 12.8. The molecule has 0 fully saturated rings. The molecule has 8 heteroatoms. The molecule has 0 atom stereocenters. The Labute approximate surface area is 165 Å². The smallest absolute Gasteiger partial charge is 0.387 e. The largest absolute Gasteiger partial charge is 0.493 e. The molecule has 6 nitrogen and oxygen atoms in total. The molecule has 0 aliphatic heterocycles. The Bertz CT molecular complexity index is 966. The third-order valence-corrected chi connectivity index (χ3v) is 4.16. The normalized spacial score (nSPS) is 10.6. The van der Waals surface area contributed by atoms with Crippen molar-refractivity contribution in [2.75, 3.05) is 12.0 Å². The van der Waals surface area contributed by atoms with Crippen LogP contribution in [0.25, 0.3) is 0 Å². The van der Waals surface area contributed by atoms with Gasteiger partial charge < -0.3 is 19.5 Å². The first-order valence-corrected chi connectivity index (χ1v) is 8.60. The number of carboxylic acid groups (broad SMARTS) is 1. The van der Waals surface area contributed by atoms with Gasteiger partial charge in [0.15, 0.2) is 11.5 Å². The van der Waals surface area contributed by atoms with Gasteiger partial charge in [0.2, 0.25) is 0 Å². The molecule has 0 saturated heterocycles. The highest BCUT2D eigenvalue weighted by Gasteiger charge is 2.17. The number of methoxy groups -OCH3 is 1. The summed E-state index contributed by atoms with van der Waals surface area (Å²) in [6, 6.07) is 14.6. The molecule has 0 radical (unpaired) electrons. The summed E-state index contributed by atoms with van der Waals surface area (Å²) in [5, 5.41) is 9.12. The highest BCUT2D eigenvalue weighted by molar-refractivity contribution is 5.88. The molecule has 0 aliphatic rings. The first-order chi connectivity index (χ1) is 14.0. The third-order valence-electron chi connectivity index (χ3n) is 4.16. The summed E-state index contributed by atoms with van der Waals surface area (Å²) in [4.78, 5) is 17.1. The van der Waals surface area contributed by atoms with Crippen LogP contribution in [0.4, 0.5) is 20.2 Å². The van der Waals surface area contributed by atoms with Gasteiger partial charge in [-0.1, -0.05) is 6.07 Å². The number of pyridine rings is 1. The monoisotopic (exact) mass is 400 g/mol. The molecule has 150 valence electrons. The number of ether oxygens (including phenoxy) is 2. The van der Waals surface area contributed by atoms with Crippen molar-refractivity contribution in [3.63, 3.8) is 0 Å². The SMILES string of the molecule is COc1ccc(N(Cc2cccnc2)c2ccc(C(=O)O)cc2)cc1OC(F)F. The zero-order chi connectivity index (χ0) is 20.8. The molecular weight excluding hydrogens is 382 g/mol. The van der Waals surface area contributed by atoms with Gasteiger partial charge >= 0.3 is 12.6 Å². The summed E-state index contributed by atoms with van der Waals surface area (Å²) >= 11 is 0. The van der Waals surface area contributed by atoms with Gasteiger partial charge in [-0.05, 0) is 48.0 Å². The van der Waals surface area contributed by atoms with Gasteiger partial charge in [0.25, 0.3) is 0 Å². The average molecular weight is 400 g/mol. The molecule has 0 unspecified atom stereocenters. The van der Waals surface area contributed by atoms with Crippen molar-refractivity contribution in [3.8, 4) is 11.5 Å². The fourth-order valence-corrected chi connectivity index (χ4v) is 2.81. The van der Waals surface area contributed by atoms with Gasteiger partial charge in [0.1, 0.15) is 0 Å². The van der Waals surface area contributed by atoms with Gasteiger partial charge in [-0.15, -0.1) is 0 Å². The van der Waals surface area contributed by atoms with Gasteiger partial charge in [0, 0.05) is 36.4 Å². The Hall–Kier alpha value is -3.68. The van der Waals surface area contributed by atoms with Crippen LogP contribution in [-0.4, -0.2) is 29.8 Å². The van der Waals surface area contributed by atoms with Crippen molar-refractivity contribution in [2.45, 2.75) is 13.2 Å². The second kappa shape index (κ2) is 9.01. The summed E-state index contributed by atoms with van der Waals surface area (Å²) in [5.41, 5.74) is 2.26. The Balaban J connectivity index is 2.03. The molecule has 0 spiro atoms. The zero-order valence-corrected chi connectivity index (χ0v) is 15.5. The number of nitrogens with zero attached hydrogens (tertiary/aromatic N) is 2. The number of anilines is 2. The van der Waals surface area contributed by atoms with Crippen LogP contribution >= 0.6 is 0 Å². The summed E-state index contributed by atoms with van der Waals surface area (Å²) in [6.07, 6.45) is 3.34. The summed E-state index contributed by atoms with van der Waals surface area (Å²) < 4.78 is 35.3. The number of benzene rings is 2. The number of hydrogen-bond donors (Lipinski definition) is 1. The Morgan fingerprint density at radius 3 is 2.41 bits per heavy atom. The lowest BCUT2D eigenvalue weighted by Crippen LogP contribution is -2.17. The number of carbonyl (C=O) groups is 1. The van der Waals surface area contributed by atoms with Crippen LogP contribution in [0, 0.1) is 0 Å². The van der Waals surface area contributed by atoms with Crippen molar-refractivity contribution in [1.82, 2.24) is 4.98 Å². The number of carboxylic acids is 1. The maximum Gasteiger partial charge on any atom is 0.387 e. The quantitative estimate of drug-likeness (QED) is 0.590. The summed E-state index contributed by atoms with van der Waals surface area (Å²) in [7, 11) is 1.37. The van der Waals surface area contributed by atoms with Gasteiger partial charge in [-0.3, -0.25) is 4.98 Å². The number of aromatic nitrogens is 1. The number of alkyl halides is 2. The molecule has 1 N–H and O–H groups in total. The van der Waals surface area contributed by atoms with Crippen LogP contribution in [0.2, 0.25) is 0 Å². The molecule has 2 aromatic carbocycles. The van der Waals surface area contributed by atoms with Crippen molar-refractivity contribution in [3.05, 3.63) is 78.1 Å². The van der Waals surface area contributed by atoms with Crippen LogP contribution in [0.15, 0.2) is 67.0 Å². The van der Waals surface area contributed by atoms with Crippen LogP contribution in [0.5, 0.6) is 11.5 Å². The van der Waals surface area contributed by atoms with Crippen LogP contribution in [-0.2, 0) is 6.54 Å². The predicted octanol–water partition coefficient (Wildman–Crippen LogP) is 4.73. The Kier molecular flexibility index (Phi) is 6.23. The Morgan fingerprint density at radius 1 is 1.10 bits per heavy atom. The van der Waals surface area contributed by atoms with Crippen LogP contribution < -0.4 is 14.4 Å². The van der Waals surface area contributed by atoms with E-state index in [9.17, 15) is 13.6 Å². The van der Waals surface area contributed by atoms with E-state index in [1.54, 1.807) is 36.7 Å². The number of rotatable bonds is 8. The van der Waals surface area contributed by atoms with E-state index < -0.39 is 12.6 Å². The first-order valence-electron chi connectivity index (χ1n) is 8.60. The highest BCUT2D eigenvalue weighted by atomic mass is 19.3. The molecule has 0 bridgehead atoms. The number of halogens is 2. The van der Waals surface area contributed by atoms with Gasteiger partial charge in [-0.2, -0.15) is 8.78 Å². The second-order valence-electron chi connectivity index (χ2n) is 6.01. The van der Waals surface area contributed by atoms with E-state index in [1.807, 2.05) is 11.0 Å². The second-order valence-corrected chi connectivity index (χ2v) is 6.01. The van der Waals surface area contributed by atoms with E-state index in [1.165, 1.54) is 31.4 Å². The predicted molar refractivity (Wildman–Crippen MR) is 103 cm³/mol. The minimum atomic E-state index is -3.00. The van der Waals surface area contributed by atoms with Crippen LogP contribution in [0.3, 0.4) is 0 Å². The lowest BCUT2D eigenvalue weighted by Gasteiger charge is -2.26. The minimum absolute atomic E-state index is 0.0988. The standard InChI is InChI=1S/C21H18F2N2O4/c1-28-18-9-8-17(11-19(18)29-21(22)23)25(13-14-3-2-10-24-12-14)16-6-4-15(5-7-16)20(26)27/h2-12,21H,13H2,1H3,(H,26,27). The van der Waals surface area contributed by atoms with E-state index >= 15 is 0 Å². The zero-order valence-electron chi connectivity index (χ0n) is 15.5. The van der Waals surface area contributed by atoms with Gasteiger partial charge in [-0.25, -0.2) is 4.79 Å². The topological polar surface area (TPSA) is 71.9 Å². The highest BCUT2D eigenvalue weighted by Crippen LogP contribution is 2.36. The van der Waals surface area contributed by atoms with E-state index in [0.717, 1.165) is 5.56 Å². The molecular formula is C21H18F2N2O4. The fourth-order valence-electron chi connectivity index (χ4n) is 2.81. The van der Waals surface area contributed by atoms with E-state index in [2.05, 4.69) is 9.72 Å². The molecule has 1 heterocycles. The van der Waals surface area contributed by atoms with E-state index in [4.69, 9.17) is 9.84 Å². The number of aromatic carboxylic acids is 1. The third kappa shape index (κ3) is 4.98. The molecule has 1 aromatic heterocycles. The molecule has 0 amide bonds. The minimum Gasteiger partial charge on any atom is -0.493 e. The lowest BCUT2D eigenvalue weighted by atomic mass is 10.1. The molecule has 0 saturated carbocycles. The molecule has 3 aromatic rings. The van der Waals surface area contributed by atoms with Crippen molar-refractivity contribution < 1.29 is 28.2 Å². The fraction of sp³-hybridized carbons (Fsp3) is 0.143. The van der Waals surface area contributed by atoms with Crippen molar-refractivity contribution in [2.24, 2.45) is 0 Å². The van der Waals surface area contributed by atoms with E-state index in [-0.39, 0.29) is 17.1 Å². The van der Waals surface area contributed by atoms with Gasteiger partial charge in [0.05, 0.1) is 12.7 Å².